The van der Waals surface area contributed by atoms with Gasteiger partial charge in [0.15, 0.2) is 5.78 Å². The fourth-order valence-corrected chi connectivity index (χ4v) is 4.25. The van der Waals surface area contributed by atoms with Gasteiger partial charge in [0.2, 0.25) is 0 Å². The molecule has 0 aliphatic heterocycles. The standard InChI is InChI=1S/C28H28BrN3O/c1-20-16-17-30-19-27(20)32-25(14-15-26(32)22-10-12-24(29)13-11-22)21-6-8-23(9-7-21)28(33)5-4-18-31(2)3/h6-17,19H,4-5,18H2,1-3H3. The number of pyridine rings is 1. The van der Waals surface area contributed by atoms with Crippen LogP contribution in [-0.2, 0) is 0 Å². The number of hydrogen-bond donors (Lipinski definition) is 0. The van der Waals surface area contributed by atoms with E-state index in [0.29, 0.717) is 6.42 Å². The summed E-state index contributed by atoms with van der Waals surface area (Å²) in [5.41, 5.74) is 7.30. The van der Waals surface area contributed by atoms with Crippen molar-refractivity contribution in [1.82, 2.24) is 14.5 Å². The van der Waals surface area contributed by atoms with Crippen LogP contribution in [0.5, 0.6) is 0 Å². The van der Waals surface area contributed by atoms with Gasteiger partial charge in [0, 0.05) is 22.7 Å². The number of aromatic nitrogens is 2. The lowest BCUT2D eigenvalue weighted by Gasteiger charge is -2.16. The van der Waals surface area contributed by atoms with Crippen molar-refractivity contribution in [3.63, 3.8) is 0 Å². The molecule has 0 bridgehead atoms. The average molecular weight is 502 g/mol. The summed E-state index contributed by atoms with van der Waals surface area (Å²) in [6.07, 6.45) is 5.16. The van der Waals surface area contributed by atoms with Crippen molar-refractivity contribution in [3.05, 3.63) is 94.7 Å². The second-order valence-electron chi connectivity index (χ2n) is 8.52. The number of halogens is 1. The van der Waals surface area contributed by atoms with Gasteiger partial charge in [-0.3, -0.25) is 9.78 Å². The van der Waals surface area contributed by atoms with Crippen molar-refractivity contribution in [2.24, 2.45) is 0 Å². The molecule has 0 spiro atoms. The van der Waals surface area contributed by atoms with Crippen LogP contribution >= 0.6 is 15.9 Å². The predicted molar refractivity (Wildman–Crippen MR) is 139 cm³/mol. The summed E-state index contributed by atoms with van der Waals surface area (Å²) in [7, 11) is 4.06. The topological polar surface area (TPSA) is 38.1 Å². The first-order chi connectivity index (χ1) is 15.9. The molecule has 4 aromatic rings. The van der Waals surface area contributed by atoms with Crippen LogP contribution in [0.15, 0.2) is 83.6 Å². The number of aryl methyl sites for hydroxylation is 1. The van der Waals surface area contributed by atoms with Crippen molar-refractivity contribution in [3.8, 4) is 28.2 Å². The first-order valence-electron chi connectivity index (χ1n) is 11.1. The molecule has 4 nitrogen and oxygen atoms in total. The summed E-state index contributed by atoms with van der Waals surface area (Å²) in [4.78, 5) is 19.1. The van der Waals surface area contributed by atoms with Gasteiger partial charge < -0.3 is 9.47 Å². The lowest BCUT2D eigenvalue weighted by molar-refractivity contribution is 0.0977. The summed E-state index contributed by atoms with van der Waals surface area (Å²) >= 11 is 3.53. The number of hydrogen-bond acceptors (Lipinski definition) is 3. The second-order valence-corrected chi connectivity index (χ2v) is 9.43. The zero-order valence-corrected chi connectivity index (χ0v) is 20.8. The molecule has 2 heterocycles. The van der Waals surface area contributed by atoms with E-state index in [1.54, 1.807) is 0 Å². The van der Waals surface area contributed by atoms with Gasteiger partial charge in [-0.05, 0) is 81.0 Å². The minimum atomic E-state index is 0.192. The normalized spacial score (nSPS) is 11.2. The molecule has 0 amide bonds. The van der Waals surface area contributed by atoms with E-state index in [-0.39, 0.29) is 5.78 Å². The van der Waals surface area contributed by atoms with Crippen LogP contribution < -0.4 is 0 Å². The van der Waals surface area contributed by atoms with Crippen molar-refractivity contribution < 1.29 is 4.79 Å². The smallest absolute Gasteiger partial charge is 0.162 e. The highest BCUT2D eigenvalue weighted by Gasteiger charge is 2.16. The molecule has 0 fully saturated rings. The highest BCUT2D eigenvalue weighted by molar-refractivity contribution is 9.10. The summed E-state index contributed by atoms with van der Waals surface area (Å²) in [5, 5.41) is 0. The van der Waals surface area contributed by atoms with Gasteiger partial charge in [0.05, 0.1) is 23.3 Å². The Hall–Kier alpha value is -3.02. The fourth-order valence-electron chi connectivity index (χ4n) is 3.98. The monoisotopic (exact) mass is 501 g/mol. The molecule has 0 radical (unpaired) electrons. The molecular weight excluding hydrogens is 474 g/mol. The maximum atomic E-state index is 12.6. The van der Waals surface area contributed by atoms with Crippen LogP contribution in [-0.4, -0.2) is 40.9 Å². The summed E-state index contributed by atoms with van der Waals surface area (Å²) in [6, 6.07) is 22.6. The second kappa shape index (κ2) is 10.3. The van der Waals surface area contributed by atoms with Crippen molar-refractivity contribution in [2.75, 3.05) is 20.6 Å². The Kier molecular flexibility index (Phi) is 7.21. The SMILES string of the molecule is Cc1ccncc1-n1c(-c2ccc(Br)cc2)ccc1-c1ccc(C(=O)CCCN(C)C)cc1. The Balaban J connectivity index is 1.71. The van der Waals surface area contributed by atoms with Crippen LogP contribution in [0.2, 0.25) is 0 Å². The zero-order chi connectivity index (χ0) is 23.4. The van der Waals surface area contributed by atoms with Crippen LogP contribution in [0.25, 0.3) is 28.2 Å². The van der Waals surface area contributed by atoms with Crippen molar-refractivity contribution in [2.45, 2.75) is 19.8 Å². The van der Waals surface area contributed by atoms with Crippen LogP contribution in [0.3, 0.4) is 0 Å². The Labute approximate surface area is 204 Å². The molecule has 33 heavy (non-hydrogen) atoms. The van der Waals surface area contributed by atoms with E-state index >= 15 is 0 Å². The predicted octanol–water partition coefficient (Wildman–Crippen LogP) is 6.80. The molecular formula is C28H28BrN3O. The summed E-state index contributed by atoms with van der Waals surface area (Å²) in [5.74, 6) is 0.192. The van der Waals surface area contributed by atoms with E-state index in [1.807, 2.05) is 56.8 Å². The molecule has 168 valence electrons. The first kappa shape index (κ1) is 23.1. The van der Waals surface area contributed by atoms with Gasteiger partial charge in [0.25, 0.3) is 0 Å². The lowest BCUT2D eigenvalue weighted by atomic mass is 10.0. The Morgan fingerprint density at radius 3 is 2.09 bits per heavy atom. The Morgan fingerprint density at radius 2 is 1.52 bits per heavy atom. The fraction of sp³-hybridized carbons (Fsp3) is 0.214. The summed E-state index contributed by atoms with van der Waals surface area (Å²) < 4.78 is 3.30. The number of ketones is 1. The third-order valence-electron chi connectivity index (χ3n) is 5.79. The molecule has 2 aromatic heterocycles. The Bertz CT molecular complexity index is 1240. The van der Waals surface area contributed by atoms with E-state index in [1.165, 1.54) is 0 Å². The molecule has 0 unspecified atom stereocenters. The van der Waals surface area contributed by atoms with Crippen molar-refractivity contribution >= 4 is 21.7 Å². The summed E-state index contributed by atoms with van der Waals surface area (Å²) in [6.45, 7) is 3.02. The quantitative estimate of drug-likeness (QED) is 0.249. The van der Waals surface area contributed by atoms with Gasteiger partial charge in [-0.25, -0.2) is 0 Å². The van der Waals surface area contributed by atoms with E-state index in [9.17, 15) is 4.79 Å². The van der Waals surface area contributed by atoms with Gasteiger partial charge >= 0.3 is 0 Å². The number of nitrogens with zero attached hydrogens (tertiary/aromatic N) is 3. The van der Waals surface area contributed by atoms with Gasteiger partial charge in [-0.2, -0.15) is 0 Å². The number of rotatable bonds is 8. The molecule has 0 atom stereocenters. The minimum Gasteiger partial charge on any atom is -0.309 e. The largest absolute Gasteiger partial charge is 0.309 e. The molecule has 0 aliphatic rings. The minimum absolute atomic E-state index is 0.192. The maximum Gasteiger partial charge on any atom is 0.162 e. The number of benzene rings is 2. The van der Waals surface area contributed by atoms with Crippen LogP contribution in [0.4, 0.5) is 0 Å². The van der Waals surface area contributed by atoms with Gasteiger partial charge in [-0.15, -0.1) is 0 Å². The molecule has 0 aliphatic carbocycles. The Morgan fingerprint density at radius 1 is 0.909 bits per heavy atom. The lowest BCUT2D eigenvalue weighted by Crippen LogP contribution is -2.14. The van der Waals surface area contributed by atoms with Gasteiger partial charge in [-0.1, -0.05) is 52.3 Å². The zero-order valence-electron chi connectivity index (χ0n) is 19.3. The molecule has 0 saturated heterocycles. The van der Waals surface area contributed by atoms with E-state index in [0.717, 1.165) is 56.8 Å². The molecule has 4 rings (SSSR count). The number of carbonyl (C=O) groups excluding carboxylic acids is 1. The maximum absolute atomic E-state index is 12.6. The van der Waals surface area contributed by atoms with Gasteiger partial charge in [0.1, 0.15) is 0 Å². The van der Waals surface area contributed by atoms with E-state index in [2.05, 4.69) is 73.7 Å². The van der Waals surface area contributed by atoms with Crippen molar-refractivity contribution in [1.29, 1.82) is 0 Å². The van der Waals surface area contributed by atoms with E-state index < -0.39 is 0 Å². The molecule has 0 saturated carbocycles. The molecule has 2 aromatic carbocycles. The van der Waals surface area contributed by atoms with Crippen LogP contribution in [0.1, 0.15) is 28.8 Å². The first-order valence-corrected chi connectivity index (χ1v) is 11.9. The highest BCUT2D eigenvalue weighted by atomic mass is 79.9. The number of carbonyl (C=O) groups is 1. The third-order valence-corrected chi connectivity index (χ3v) is 6.31. The van der Waals surface area contributed by atoms with E-state index in [4.69, 9.17) is 0 Å². The number of Topliss-reactive ketones (excluding diaryl/α,β-unsaturated/α-hetero) is 1. The molecule has 0 N–H and O–H groups in total. The third kappa shape index (κ3) is 5.32. The highest BCUT2D eigenvalue weighted by Crippen LogP contribution is 2.34. The van der Waals surface area contributed by atoms with Crippen LogP contribution in [0, 0.1) is 6.92 Å². The molecule has 5 heteroatoms. The average Bonchev–Trinajstić information content (AvgIpc) is 3.24.